The van der Waals surface area contributed by atoms with Crippen LogP contribution in [0.4, 0.5) is 0 Å². The fraction of sp³-hybridized carbons (Fsp3) is 0.167. The van der Waals surface area contributed by atoms with E-state index in [0.29, 0.717) is 34.0 Å². The monoisotopic (exact) mass is 381 g/mol. The molecule has 5 rings (SSSR count). The number of fused-ring (bicyclic) bond motifs is 3. The second kappa shape index (κ2) is 5.53. The zero-order valence-electron chi connectivity index (χ0n) is 14.0. The Bertz CT molecular complexity index is 1190. The van der Waals surface area contributed by atoms with E-state index in [-0.39, 0.29) is 23.4 Å². The number of aryl methyl sites for hydroxylation is 1. The normalized spacial score (nSPS) is 17.6. The van der Waals surface area contributed by atoms with Crippen LogP contribution in [0.3, 0.4) is 0 Å². The number of benzene rings is 1. The van der Waals surface area contributed by atoms with Crippen molar-refractivity contribution < 1.29 is 14.2 Å². The van der Waals surface area contributed by atoms with Crippen molar-refractivity contribution in [2.24, 2.45) is 5.73 Å². The third-order valence-electron chi connectivity index (χ3n) is 4.73. The molecule has 1 atom stereocenters. The summed E-state index contributed by atoms with van der Waals surface area (Å²) in [7, 11) is 0. The molecule has 2 aliphatic rings. The molecule has 0 saturated heterocycles. The lowest BCUT2D eigenvalue weighted by atomic mass is 9.84. The number of ether oxygens (including phenoxy) is 3. The van der Waals surface area contributed by atoms with Crippen LogP contribution in [0.5, 0.6) is 17.4 Å². The van der Waals surface area contributed by atoms with E-state index in [1.54, 1.807) is 6.07 Å². The van der Waals surface area contributed by atoms with E-state index in [9.17, 15) is 5.26 Å². The number of hydrogen-bond acceptors (Lipinski definition) is 7. The SMILES string of the molecule is Cc1[nH]nc2c1C(c1cc3cc4c(cc3nc1Cl)OCO4)C(C#N)=C(N)O2. The number of nitrogens with one attached hydrogen (secondary N) is 1. The molecule has 8 nitrogen and oxygen atoms in total. The number of nitrogens with two attached hydrogens (primary N) is 1. The molecule has 2 aromatic heterocycles. The predicted molar refractivity (Wildman–Crippen MR) is 95.5 cm³/mol. The summed E-state index contributed by atoms with van der Waals surface area (Å²) in [4.78, 5) is 4.49. The molecule has 0 saturated carbocycles. The number of H-pyrrole nitrogens is 1. The number of aromatic nitrogens is 3. The van der Waals surface area contributed by atoms with Crippen molar-refractivity contribution in [2.75, 3.05) is 6.79 Å². The molecule has 1 unspecified atom stereocenters. The number of pyridine rings is 1. The van der Waals surface area contributed by atoms with Crippen LogP contribution in [-0.2, 0) is 0 Å². The first-order valence-corrected chi connectivity index (χ1v) is 8.47. The molecule has 1 aromatic carbocycles. The highest BCUT2D eigenvalue weighted by atomic mass is 35.5. The molecule has 3 N–H and O–H groups in total. The minimum Gasteiger partial charge on any atom is -0.454 e. The van der Waals surface area contributed by atoms with Crippen LogP contribution in [0.25, 0.3) is 10.9 Å². The van der Waals surface area contributed by atoms with Gasteiger partial charge in [-0.15, -0.1) is 5.10 Å². The van der Waals surface area contributed by atoms with Crippen molar-refractivity contribution in [1.29, 1.82) is 5.26 Å². The Morgan fingerprint density at radius 3 is 2.85 bits per heavy atom. The quantitative estimate of drug-likeness (QED) is 0.622. The number of halogens is 1. The van der Waals surface area contributed by atoms with Crippen molar-refractivity contribution >= 4 is 22.5 Å². The fourth-order valence-corrected chi connectivity index (χ4v) is 3.72. The molecule has 4 heterocycles. The van der Waals surface area contributed by atoms with Crippen molar-refractivity contribution in [3.63, 3.8) is 0 Å². The highest BCUT2D eigenvalue weighted by Crippen LogP contribution is 2.45. The molecular formula is C18H12ClN5O3. The Morgan fingerprint density at radius 1 is 1.30 bits per heavy atom. The first-order valence-electron chi connectivity index (χ1n) is 8.09. The summed E-state index contributed by atoms with van der Waals surface area (Å²) >= 11 is 6.52. The third kappa shape index (κ3) is 2.22. The van der Waals surface area contributed by atoms with Gasteiger partial charge in [0.05, 0.1) is 11.4 Å². The van der Waals surface area contributed by atoms with Crippen LogP contribution in [0.1, 0.15) is 22.7 Å². The van der Waals surface area contributed by atoms with Gasteiger partial charge in [-0.25, -0.2) is 4.98 Å². The van der Waals surface area contributed by atoms with Crippen molar-refractivity contribution in [1.82, 2.24) is 15.2 Å². The topological polar surface area (TPSA) is 119 Å². The van der Waals surface area contributed by atoms with Gasteiger partial charge in [0.1, 0.15) is 16.8 Å². The van der Waals surface area contributed by atoms with Gasteiger partial charge in [-0.1, -0.05) is 11.6 Å². The van der Waals surface area contributed by atoms with Gasteiger partial charge in [-0.2, -0.15) is 5.26 Å². The summed E-state index contributed by atoms with van der Waals surface area (Å²) < 4.78 is 16.3. The molecule has 134 valence electrons. The number of nitrogens with zero attached hydrogens (tertiary/aromatic N) is 3. The molecule has 0 aliphatic carbocycles. The van der Waals surface area contributed by atoms with Crippen molar-refractivity contribution in [3.05, 3.63) is 51.6 Å². The third-order valence-corrected chi connectivity index (χ3v) is 5.03. The first kappa shape index (κ1) is 15.8. The van der Waals surface area contributed by atoms with E-state index in [1.807, 2.05) is 19.1 Å². The zero-order valence-corrected chi connectivity index (χ0v) is 14.8. The van der Waals surface area contributed by atoms with E-state index in [2.05, 4.69) is 21.3 Å². The van der Waals surface area contributed by atoms with Crippen LogP contribution >= 0.6 is 11.6 Å². The molecule has 0 radical (unpaired) electrons. The number of aromatic amines is 1. The second-order valence-electron chi connectivity index (χ2n) is 6.26. The Labute approximate surface area is 158 Å². The van der Waals surface area contributed by atoms with Gasteiger partial charge in [0.25, 0.3) is 0 Å². The average Bonchev–Trinajstić information content (AvgIpc) is 3.24. The van der Waals surface area contributed by atoms with E-state index < -0.39 is 5.92 Å². The number of rotatable bonds is 1. The Hall–Kier alpha value is -3.44. The maximum absolute atomic E-state index is 9.68. The number of nitriles is 1. The largest absolute Gasteiger partial charge is 0.454 e. The van der Waals surface area contributed by atoms with E-state index in [0.717, 1.165) is 11.1 Å². The average molecular weight is 382 g/mol. The molecule has 3 aromatic rings. The highest BCUT2D eigenvalue weighted by Gasteiger charge is 2.36. The summed E-state index contributed by atoms with van der Waals surface area (Å²) in [6.07, 6.45) is 0. The van der Waals surface area contributed by atoms with Crippen LogP contribution in [0, 0.1) is 18.3 Å². The molecule has 0 amide bonds. The molecule has 0 fully saturated rings. The molecule has 9 heteroatoms. The van der Waals surface area contributed by atoms with Gasteiger partial charge in [0.15, 0.2) is 11.5 Å². The zero-order chi connectivity index (χ0) is 18.7. The number of allylic oxidation sites excluding steroid dienone is 1. The predicted octanol–water partition coefficient (Wildman–Crippen LogP) is 2.87. The van der Waals surface area contributed by atoms with Gasteiger partial charge in [0.2, 0.25) is 18.6 Å². The Balaban J connectivity index is 1.77. The van der Waals surface area contributed by atoms with Gasteiger partial charge in [0, 0.05) is 28.3 Å². The lowest BCUT2D eigenvalue weighted by Crippen LogP contribution is -2.21. The minimum absolute atomic E-state index is 0.00310. The molecule has 27 heavy (non-hydrogen) atoms. The lowest BCUT2D eigenvalue weighted by Gasteiger charge is -2.24. The van der Waals surface area contributed by atoms with Crippen LogP contribution in [-0.4, -0.2) is 22.0 Å². The molecule has 2 aliphatic heterocycles. The van der Waals surface area contributed by atoms with Crippen molar-refractivity contribution in [3.8, 4) is 23.4 Å². The summed E-state index contributed by atoms with van der Waals surface area (Å²) in [5.74, 6) is 1.06. The lowest BCUT2D eigenvalue weighted by molar-refractivity contribution is 0.174. The van der Waals surface area contributed by atoms with Gasteiger partial charge >= 0.3 is 0 Å². The van der Waals surface area contributed by atoms with Gasteiger partial charge in [-0.05, 0) is 19.1 Å². The standard InChI is InChI=1S/C18H12ClN5O3/c1-7-14-15(10(5-20)17(21)27-18(14)24-23-7)9-2-8-3-12-13(26-6-25-12)4-11(8)22-16(9)19/h2-4,15H,6,21H2,1H3,(H,23,24). The summed E-state index contributed by atoms with van der Waals surface area (Å²) in [6, 6.07) is 7.63. The Morgan fingerprint density at radius 2 is 2.07 bits per heavy atom. The summed E-state index contributed by atoms with van der Waals surface area (Å²) in [6.45, 7) is 2.01. The van der Waals surface area contributed by atoms with E-state index in [4.69, 9.17) is 31.5 Å². The smallest absolute Gasteiger partial charge is 0.244 e. The molecule has 0 bridgehead atoms. The van der Waals surface area contributed by atoms with E-state index >= 15 is 0 Å². The van der Waals surface area contributed by atoms with Crippen LogP contribution in [0.15, 0.2) is 29.7 Å². The molecule has 0 spiro atoms. The fourth-order valence-electron chi connectivity index (χ4n) is 3.47. The second-order valence-corrected chi connectivity index (χ2v) is 6.62. The van der Waals surface area contributed by atoms with Crippen LogP contribution < -0.4 is 19.9 Å². The van der Waals surface area contributed by atoms with Gasteiger partial charge < -0.3 is 19.9 Å². The molecular weight excluding hydrogens is 370 g/mol. The maximum Gasteiger partial charge on any atom is 0.244 e. The maximum atomic E-state index is 9.68. The van der Waals surface area contributed by atoms with Crippen molar-refractivity contribution in [2.45, 2.75) is 12.8 Å². The number of hydrogen-bond donors (Lipinski definition) is 2. The Kier molecular flexibility index (Phi) is 3.23. The van der Waals surface area contributed by atoms with E-state index in [1.165, 1.54) is 0 Å². The van der Waals surface area contributed by atoms with Crippen LogP contribution in [0.2, 0.25) is 5.15 Å². The summed E-state index contributed by atoms with van der Waals surface area (Å²) in [5.41, 5.74) is 8.99. The van der Waals surface area contributed by atoms with Gasteiger partial charge in [-0.3, -0.25) is 5.10 Å². The minimum atomic E-state index is -0.535. The first-order chi connectivity index (χ1) is 13.1. The summed E-state index contributed by atoms with van der Waals surface area (Å²) in [5, 5.41) is 17.7. The highest BCUT2D eigenvalue weighted by molar-refractivity contribution is 6.30.